The van der Waals surface area contributed by atoms with E-state index in [9.17, 15) is 22.4 Å². The van der Waals surface area contributed by atoms with Crippen LogP contribution in [0.5, 0.6) is 0 Å². The van der Waals surface area contributed by atoms with Crippen LogP contribution in [0, 0.1) is 11.7 Å². The van der Waals surface area contributed by atoms with E-state index in [0.29, 0.717) is 12.1 Å². The van der Waals surface area contributed by atoms with Crippen molar-refractivity contribution in [3.63, 3.8) is 0 Å². The summed E-state index contributed by atoms with van der Waals surface area (Å²) in [6.45, 7) is 0. The van der Waals surface area contributed by atoms with Gasteiger partial charge in [-0.3, -0.25) is 4.79 Å². The monoisotopic (exact) mass is 274 g/mol. The first-order valence-corrected chi connectivity index (χ1v) is 6.28. The number of rotatable bonds is 3. The molecule has 104 valence electrons. The van der Waals surface area contributed by atoms with Crippen molar-refractivity contribution < 1.29 is 22.4 Å². The fraction of sp³-hybridized carbons (Fsp3) is 0.500. The Balaban J connectivity index is 2.26. The summed E-state index contributed by atoms with van der Waals surface area (Å²) in [5.74, 6) is -1.29. The van der Waals surface area contributed by atoms with Gasteiger partial charge in [0.25, 0.3) is 0 Å². The van der Waals surface area contributed by atoms with E-state index >= 15 is 0 Å². The molecule has 0 aliphatic heterocycles. The molecule has 1 aromatic rings. The highest BCUT2D eigenvalue weighted by Crippen LogP contribution is 2.35. The molecule has 1 fully saturated rings. The molecule has 0 unspecified atom stereocenters. The molecule has 0 bridgehead atoms. The molecule has 1 saturated carbocycles. The molecular formula is C14H14F4O. The maximum Gasteiger partial charge on any atom is 0.417 e. The van der Waals surface area contributed by atoms with Crippen molar-refractivity contribution >= 4 is 5.78 Å². The van der Waals surface area contributed by atoms with Crippen LogP contribution in [0.1, 0.15) is 48.0 Å². The molecule has 0 saturated heterocycles. The van der Waals surface area contributed by atoms with Gasteiger partial charge in [0.2, 0.25) is 0 Å². The van der Waals surface area contributed by atoms with Gasteiger partial charge in [0.1, 0.15) is 5.82 Å². The first kappa shape index (κ1) is 14.0. The molecule has 1 nitrogen and oxygen atoms in total. The molecule has 0 atom stereocenters. The van der Waals surface area contributed by atoms with Crippen LogP contribution < -0.4 is 0 Å². The lowest BCUT2D eigenvalue weighted by Crippen LogP contribution is -2.15. The third-order valence-corrected chi connectivity index (χ3v) is 3.54. The number of hydrogen-bond donors (Lipinski definition) is 0. The minimum atomic E-state index is -4.63. The van der Waals surface area contributed by atoms with Gasteiger partial charge in [0.15, 0.2) is 5.78 Å². The number of alkyl halides is 3. The van der Waals surface area contributed by atoms with Crippen LogP contribution in [0.15, 0.2) is 18.2 Å². The molecule has 0 N–H and O–H groups in total. The zero-order valence-electron chi connectivity index (χ0n) is 10.3. The van der Waals surface area contributed by atoms with Crippen LogP contribution in [0.2, 0.25) is 0 Å². The number of hydrogen-bond acceptors (Lipinski definition) is 1. The molecule has 0 spiro atoms. The minimum absolute atomic E-state index is 0.0759. The quantitative estimate of drug-likeness (QED) is 0.581. The SMILES string of the molecule is O=C(CC1CCCC1)c1cc(F)ccc1C(F)(F)F. The molecule has 1 aromatic carbocycles. The van der Waals surface area contributed by atoms with Gasteiger partial charge in [-0.25, -0.2) is 4.39 Å². The van der Waals surface area contributed by atoms with Gasteiger partial charge in [-0.2, -0.15) is 13.2 Å². The van der Waals surface area contributed by atoms with Crippen molar-refractivity contribution in [2.45, 2.75) is 38.3 Å². The number of ketones is 1. The van der Waals surface area contributed by atoms with Gasteiger partial charge >= 0.3 is 6.18 Å². The maximum absolute atomic E-state index is 13.1. The molecular weight excluding hydrogens is 260 g/mol. The van der Waals surface area contributed by atoms with Crippen LogP contribution in [-0.2, 0) is 6.18 Å². The highest BCUT2D eigenvalue weighted by Gasteiger charge is 2.35. The Bertz CT molecular complexity index is 473. The van der Waals surface area contributed by atoms with Gasteiger partial charge in [-0.15, -0.1) is 0 Å². The Morgan fingerprint density at radius 3 is 2.42 bits per heavy atom. The lowest BCUT2D eigenvalue weighted by atomic mass is 9.94. The van der Waals surface area contributed by atoms with E-state index in [4.69, 9.17) is 0 Å². The fourth-order valence-corrected chi connectivity index (χ4v) is 2.58. The number of Topliss-reactive ketones (excluding diaryl/α,β-unsaturated/α-hetero) is 1. The summed E-state index contributed by atoms with van der Waals surface area (Å²) >= 11 is 0. The Morgan fingerprint density at radius 1 is 1.21 bits per heavy atom. The summed E-state index contributed by atoms with van der Waals surface area (Å²) in [6.07, 6.45) is -0.813. The molecule has 0 amide bonds. The van der Waals surface area contributed by atoms with Crippen molar-refractivity contribution in [3.05, 3.63) is 35.1 Å². The van der Waals surface area contributed by atoms with Gasteiger partial charge in [-0.05, 0) is 24.1 Å². The van der Waals surface area contributed by atoms with E-state index in [1.54, 1.807) is 0 Å². The molecule has 0 heterocycles. The summed E-state index contributed by atoms with van der Waals surface area (Å²) in [5, 5.41) is 0. The Labute approximate surface area is 108 Å². The third-order valence-electron chi connectivity index (χ3n) is 3.54. The normalized spacial score (nSPS) is 16.8. The second kappa shape index (κ2) is 5.31. The number of carbonyl (C=O) groups excluding carboxylic acids is 1. The van der Waals surface area contributed by atoms with Crippen LogP contribution in [0.4, 0.5) is 17.6 Å². The van der Waals surface area contributed by atoms with E-state index in [0.717, 1.165) is 31.7 Å². The fourth-order valence-electron chi connectivity index (χ4n) is 2.58. The molecule has 5 heteroatoms. The van der Waals surface area contributed by atoms with Gasteiger partial charge < -0.3 is 0 Å². The highest BCUT2D eigenvalue weighted by molar-refractivity contribution is 5.97. The third kappa shape index (κ3) is 3.33. The second-order valence-electron chi connectivity index (χ2n) is 4.97. The van der Waals surface area contributed by atoms with Crippen molar-refractivity contribution in [1.29, 1.82) is 0 Å². The predicted octanol–water partition coefficient (Wildman–Crippen LogP) is 4.61. The van der Waals surface area contributed by atoms with Crippen molar-refractivity contribution in [2.75, 3.05) is 0 Å². The molecule has 2 rings (SSSR count). The van der Waals surface area contributed by atoms with Gasteiger partial charge in [0.05, 0.1) is 5.56 Å². The summed E-state index contributed by atoms with van der Waals surface area (Å²) in [6, 6.07) is 2.06. The standard InChI is InChI=1S/C14H14F4O/c15-10-5-6-12(14(16,17)18)11(8-10)13(19)7-9-3-1-2-4-9/h5-6,8-9H,1-4,7H2. The summed E-state index contributed by atoms with van der Waals surface area (Å²) < 4.78 is 51.4. The average molecular weight is 274 g/mol. The summed E-state index contributed by atoms with van der Waals surface area (Å²) in [7, 11) is 0. The van der Waals surface area contributed by atoms with Crippen molar-refractivity contribution in [3.8, 4) is 0 Å². The number of halogens is 4. The number of benzene rings is 1. The van der Waals surface area contributed by atoms with E-state index in [-0.39, 0.29) is 12.3 Å². The maximum atomic E-state index is 13.1. The molecule has 1 aliphatic carbocycles. The lowest BCUT2D eigenvalue weighted by molar-refractivity contribution is -0.137. The molecule has 19 heavy (non-hydrogen) atoms. The molecule has 1 aliphatic rings. The van der Waals surface area contributed by atoms with Crippen LogP contribution in [0.25, 0.3) is 0 Å². The second-order valence-corrected chi connectivity index (χ2v) is 4.97. The topological polar surface area (TPSA) is 17.1 Å². The zero-order chi connectivity index (χ0) is 14.0. The van der Waals surface area contributed by atoms with Crippen molar-refractivity contribution in [2.24, 2.45) is 5.92 Å². The van der Waals surface area contributed by atoms with Crippen LogP contribution >= 0.6 is 0 Å². The van der Waals surface area contributed by atoms with E-state index < -0.39 is 28.9 Å². The number of carbonyl (C=O) groups is 1. The Kier molecular flexibility index (Phi) is 3.92. The summed E-state index contributed by atoms with van der Waals surface area (Å²) in [5.41, 5.74) is -1.59. The highest BCUT2D eigenvalue weighted by atomic mass is 19.4. The molecule has 0 radical (unpaired) electrons. The first-order valence-electron chi connectivity index (χ1n) is 6.28. The lowest BCUT2D eigenvalue weighted by Gasteiger charge is -2.14. The van der Waals surface area contributed by atoms with Gasteiger partial charge in [0, 0.05) is 12.0 Å². The van der Waals surface area contributed by atoms with Crippen LogP contribution in [-0.4, -0.2) is 5.78 Å². The molecule has 0 aromatic heterocycles. The Morgan fingerprint density at radius 2 is 1.84 bits per heavy atom. The predicted molar refractivity (Wildman–Crippen MR) is 62.3 cm³/mol. The van der Waals surface area contributed by atoms with E-state index in [1.807, 2.05) is 0 Å². The average Bonchev–Trinajstić information content (AvgIpc) is 2.80. The largest absolute Gasteiger partial charge is 0.417 e. The smallest absolute Gasteiger partial charge is 0.294 e. The van der Waals surface area contributed by atoms with Crippen LogP contribution in [0.3, 0.4) is 0 Å². The summed E-state index contributed by atoms with van der Waals surface area (Å²) in [4.78, 5) is 12.0. The minimum Gasteiger partial charge on any atom is -0.294 e. The van der Waals surface area contributed by atoms with Crippen molar-refractivity contribution in [1.82, 2.24) is 0 Å². The Hall–Kier alpha value is -1.39. The zero-order valence-corrected chi connectivity index (χ0v) is 10.3. The first-order chi connectivity index (χ1) is 8.88. The van der Waals surface area contributed by atoms with Gasteiger partial charge in [-0.1, -0.05) is 25.7 Å². The van der Waals surface area contributed by atoms with E-state index in [1.165, 1.54) is 0 Å². The van der Waals surface area contributed by atoms with E-state index in [2.05, 4.69) is 0 Å².